The molecule has 0 unspecified atom stereocenters. The number of nitrogen functional groups attached to an aromatic ring is 1. The number of aromatic nitrogens is 1. The molecular formula is C13H10BrFN2O3. The van der Waals surface area contributed by atoms with E-state index < -0.39 is 11.8 Å². The second-order valence-electron chi connectivity index (χ2n) is 3.79. The Hall–Kier alpha value is -2.15. The molecular weight excluding hydrogens is 331 g/mol. The summed E-state index contributed by atoms with van der Waals surface area (Å²) in [4.78, 5) is 15.5. The average molecular weight is 341 g/mol. The minimum atomic E-state index is -0.669. The molecule has 1 heterocycles. The third-order valence-corrected chi connectivity index (χ3v) is 2.87. The number of hydrogen-bond acceptors (Lipinski definition) is 5. The van der Waals surface area contributed by atoms with Gasteiger partial charge in [-0.1, -0.05) is 15.9 Å². The third kappa shape index (κ3) is 3.05. The number of carbonyl (C=O) groups excluding carboxylic acids is 1. The van der Waals surface area contributed by atoms with Gasteiger partial charge in [0.1, 0.15) is 5.56 Å². The largest absolute Gasteiger partial charge is 0.465 e. The first-order valence-electron chi connectivity index (χ1n) is 5.48. The Bertz CT molecular complexity index is 664. The predicted octanol–water partition coefficient (Wildman–Crippen LogP) is 3.14. The monoisotopic (exact) mass is 340 g/mol. The number of rotatable bonds is 3. The summed E-state index contributed by atoms with van der Waals surface area (Å²) < 4.78 is 24.2. The number of methoxy groups -OCH3 is 1. The molecule has 0 radical (unpaired) electrons. The van der Waals surface area contributed by atoms with Crippen LogP contribution in [0.2, 0.25) is 0 Å². The summed E-state index contributed by atoms with van der Waals surface area (Å²) in [7, 11) is 1.22. The van der Waals surface area contributed by atoms with Crippen LogP contribution in [0.1, 0.15) is 10.4 Å². The van der Waals surface area contributed by atoms with Crippen molar-refractivity contribution in [3.63, 3.8) is 0 Å². The predicted molar refractivity (Wildman–Crippen MR) is 74.2 cm³/mol. The fourth-order valence-electron chi connectivity index (χ4n) is 1.47. The second-order valence-corrected chi connectivity index (χ2v) is 4.71. The standard InChI is InChI=1S/C13H10BrFN2O3/c1-19-13(18)9-5-8(16)6-17-12(9)20-11-3-2-7(14)4-10(11)15/h2-6H,16H2,1H3. The van der Waals surface area contributed by atoms with Gasteiger partial charge >= 0.3 is 5.97 Å². The lowest BCUT2D eigenvalue weighted by Crippen LogP contribution is -2.06. The zero-order valence-electron chi connectivity index (χ0n) is 10.4. The van der Waals surface area contributed by atoms with Gasteiger partial charge in [-0.05, 0) is 24.3 Å². The number of nitrogens with two attached hydrogens (primary N) is 1. The molecule has 0 saturated carbocycles. The van der Waals surface area contributed by atoms with Crippen molar-refractivity contribution in [2.24, 2.45) is 0 Å². The van der Waals surface area contributed by atoms with E-state index >= 15 is 0 Å². The summed E-state index contributed by atoms with van der Waals surface area (Å²) in [6, 6.07) is 5.61. The number of carbonyl (C=O) groups is 1. The van der Waals surface area contributed by atoms with Crippen LogP contribution in [0.25, 0.3) is 0 Å². The van der Waals surface area contributed by atoms with E-state index in [1.165, 1.54) is 31.5 Å². The van der Waals surface area contributed by atoms with Gasteiger partial charge in [-0.2, -0.15) is 0 Å². The van der Waals surface area contributed by atoms with E-state index in [1.54, 1.807) is 6.07 Å². The molecule has 0 aliphatic heterocycles. The average Bonchev–Trinajstić information content (AvgIpc) is 2.42. The molecule has 0 atom stereocenters. The Morgan fingerprint density at radius 3 is 2.80 bits per heavy atom. The highest BCUT2D eigenvalue weighted by Gasteiger charge is 2.17. The lowest BCUT2D eigenvalue weighted by molar-refractivity contribution is 0.0597. The number of ether oxygens (including phenoxy) is 2. The van der Waals surface area contributed by atoms with E-state index in [2.05, 4.69) is 25.7 Å². The van der Waals surface area contributed by atoms with Gasteiger partial charge in [-0.15, -0.1) is 0 Å². The van der Waals surface area contributed by atoms with Crippen LogP contribution in [0.4, 0.5) is 10.1 Å². The number of anilines is 1. The highest BCUT2D eigenvalue weighted by atomic mass is 79.9. The summed E-state index contributed by atoms with van der Waals surface area (Å²) in [6.45, 7) is 0. The maximum atomic E-state index is 13.7. The molecule has 0 spiro atoms. The minimum absolute atomic E-state index is 0.0230. The van der Waals surface area contributed by atoms with E-state index in [0.29, 0.717) is 4.47 Å². The summed E-state index contributed by atoms with van der Waals surface area (Å²) >= 11 is 3.14. The Labute approximate surface area is 122 Å². The number of nitrogens with zero attached hydrogens (tertiary/aromatic N) is 1. The number of benzene rings is 1. The van der Waals surface area contributed by atoms with Gasteiger partial charge in [-0.25, -0.2) is 14.2 Å². The first-order valence-corrected chi connectivity index (χ1v) is 6.27. The van der Waals surface area contributed by atoms with Crippen molar-refractivity contribution < 1.29 is 18.7 Å². The molecule has 2 rings (SSSR count). The number of esters is 1. The number of pyridine rings is 1. The number of halogens is 2. The second kappa shape index (κ2) is 5.87. The summed E-state index contributed by atoms with van der Waals surface area (Å²) in [6.07, 6.45) is 1.30. The zero-order chi connectivity index (χ0) is 14.7. The van der Waals surface area contributed by atoms with Crippen molar-refractivity contribution >= 4 is 27.6 Å². The van der Waals surface area contributed by atoms with Crippen molar-refractivity contribution in [1.29, 1.82) is 0 Å². The van der Waals surface area contributed by atoms with Gasteiger partial charge in [0.15, 0.2) is 11.6 Å². The van der Waals surface area contributed by atoms with Gasteiger partial charge in [0, 0.05) is 4.47 Å². The zero-order valence-corrected chi connectivity index (χ0v) is 12.0. The van der Waals surface area contributed by atoms with E-state index in [-0.39, 0.29) is 22.9 Å². The van der Waals surface area contributed by atoms with Gasteiger partial charge < -0.3 is 15.2 Å². The molecule has 5 nitrogen and oxygen atoms in total. The van der Waals surface area contributed by atoms with Crippen LogP contribution in [-0.2, 0) is 4.74 Å². The van der Waals surface area contributed by atoms with Gasteiger partial charge in [0.25, 0.3) is 0 Å². The van der Waals surface area contributed by atoms with Crippen LogP contribution in [0, 0.1) is 5.82 Å². The normalized spacial score (nSPS) is 10.2. The van der Waals surface area contributed by atoms with Crippen molar-refractivity contribution in [3.8, 4) is 11.6 Å². The van der Waals surface area contributed by atoms with Gasteiger partial charge in [0.2, 0.25) is 5.88 Å². The van der Waals surface area contributed by atoms with E-state index in [4.69, 9.17) is 10.5 Å². The van der Waals surface area contributed by atoms with Crippen LogP contribution >= 0.6 is 15.9 Å². The smallest absolute Gasteiger partial charge is 0.343 e. The quantitative estimate of drug-likeness (QED) is 0.868. The van der Waals surface area contributed by atoms with Crippen LogP contribution < -0.4 is 10.5 Å². The van der Waals surface area contributed by atoms with Crippen molar-refractivity contribution in [3.05, 3.63) is 46.3 Å². The highest BCUT2D eigenvalue weighted by molar-refractivity contribution is 9.10. The maximum Gasteiger partial charge on any atom is 0.343 e. The first-order chi connectivity index (χ1) is 9.51. The molecule has 104 valence electrons. The maximum absolute atomic E-state index is 13.7. The first kappa shape index (κ1) is 14.3. The molecule has 1 aromatic heterocycles. The Kier molecular flexibility index (Phi) is 4.19. The molecule has 2 aromatic rings. The Balaban J connectivity index is 2.40. The van der Waals surface area contributed by atoms with E-state index in [9.17, 15) is 9.18 Å². The van der Waals surface area contributed by atoms with Crippen LogP contribution in [0.15, 0.2) is 34.9 Å². The van der Waals surface area contributed by atoms with E-state index in [0.717, 1.165) is 0 Å². The lowest BCUT2D eigenvalue weighted by Gasteiger charge is -2.10. The Morgan fingerprint density at radius 1 is 1.40 bits per heavy atom. The molecule has 0 bridgehead atoms. The molecule has 7 heteroatoms. The van der Waals surface area contributed by atoms with Gasteiger partial charge in [0.05, 0.1) is 19.0 Å². The molecule has 0 aliphatic rings. The molecule has 0 aliphatic carbocycles. The molecule has 2 N–H and O–H groups in total. The molecule has 0 saturated heterocycles. The van der Waals surface area contributed by atoms with Crippen molar-refractivity contribution in [2.45, 2.75) is 0 Å². The van der Waals surface area contributed by atoms with Crippen LogP contribution in [-0.4, -0.2) is 18.1 Å². The topological polar surface area (TPSA) is 74.4 Å². The molecule has 0 fully saturated rings. The fourth-order valence-corrected chi connectivity index (χ4v) is 1.80. The van der Waals surface area contributed by atoms with Crippen LogP contribution in [0.5, 0.6) is 11.6 Å². The number of hydrogen-bond donors (Lipinski definition) is 1. The van der Waals surface area contributed by atoms with Crippen LogP contribution in [0.3, 0.4) is 0 Å². The summed E-state index contributed by atoms with van der Waals surface area (Å²) in [5.74, 6) is -1.39. The summed E-state index contributed by atoms with van der Waals surface area (Å²) in [5.41, 5.74) is 5.85. The summed E-state index contributed by atoms with van der Waals surface area (Å²) in [5, 5.41) is 0. The lowest BCUT2D eigenvalue weighted by atomic mass is 10.2. The molecule has 0 amide bonds. The Morgan fingerprint density at radius 2 is 2.15 bits per heavy atom. The molecule has 1 aromatic carbocycles. The fraction of sp³-hybridized carbons (Fsp3) is 0.0769. The van der Waals surface area contributed by atoms with Crippen molar-refractivity contribution in [2.75, 3.05) is 12.8 Å². The molecule has 20 heavy (non-hydrogen) atoms. The van der Waals surface area contributed by atoms with Crippen molar-refractivity contribution in [1.82, 2.24) is 4.98 Å². The third-order valence-electron chi connectivity index (χ3n) is 2.38. The van der Waals surface area contributed by atoms with E-state index in [1.807, 2.05) is 0 Å². The minimum Gasteiger partial charge on any atom is -0.465 e. The SMILES string of the molecule is COC(=O)c1cc(N)cnc1Oc1ccc(Br)cc1F. The highest BCUT2D eigenvalue weighted by Crippen LogP contribution is 2.28. The van der Waals surface area contributed by atoms with Gasteiger partial charge in [-0.3, -0.25) is 0 Å².